The van der Waals surface area contributed by atoms with Gasteiger partial charge in [0.25, 0.3) is 0 Å². The van der Waals surface area contributed by atoms with Crippen molar-refractivity contribution in [2.45, 2.75) is 26.3 Å². The van der Waals surface area contributed by atoms with Gasteiger partial charge in [-0.15, -0.1) is 11.6 Å². The van der Waals surface area contributed by atoms with Gasteiger partial charge in [-0.05, 0) is 32.0 Å². The van der Waals surface area contributed by atoms with Crippen molar-refractivity contribution >= 4 is 38.6 Å². The summed E-state index contributed by atoms with van der Waals surface area (Å²) in [6, 6.07) is 6.57. The Hall–Kier alpha value is -0.540. The van der Waals surface area contributed by atoms with E-state index in [1.54, 1.807) is 0 Å². The first kappa shape index (κ1) is 11.9. The Balaban J connectivity index is 2.67. The summed E-state index contributed by atoms with van der Waals surface area (Å²) in [5, 5.41) is 0. The van der Waals surface area contributed by atoms with E-state index in [0.29, 0.717) is 11.9 Å². The van der Waals surface area contributed by atoms with E-state index in [9.17, 15) is 0 Å². The number of halogens is 2. The van der Waals surface area contributed by atoms with Crippen molar-refractivity contribution in [3.05, 3.63) is 28.5 Å². The second-order valence-electron chi connectivity index (χ2n) is 4.06. The average molecular weight is 302 g/mol. The lowest BCUT2D eigenvalue weighted by atomic mass is 10.3. The number of rotatable bonds is 3. The van der Waals surface area contributed by atoms with Gasteiger partial charge in [-0.1, -0.05) is 15.9 Å². The number of hydrogen-bond acceptors (Lipinski definition) is 1. The number of alkyl halides is 1. The van der Waals surface area contributed by atoms with E-state index in [2.05, 4.69) is 45.4 Å². The fourth-order valence-corrected chi connectivity index (χ4v) is 2.47. The lowest BCUT2D eigenvalue weighted by Crippen LogP contribution is -2.06. The van der Waals surface area contributed by atoms with Crippen LogP contribution in [-0.4, -0.2) is 15.4 Å². The molecular weight excluding hydrogens is 288 g/mol. The van der Waals surface area contributed by atoms with Crippen LogP contribution >= 0.6 is 27.5 Å². The van der Waals surface area contributed by atoms with Gasteiger partial charge in [0.1, 0.15) is 5.82 Å². The molecule has 0 fully saturated rings. The number of imidazole rings is 1. The van der Waals surface area contributed by atoms with Crippen LogP contribution in [0.5, 0.6) is 0 Å². The summed E-state index contributed by atoms with van der Waals surface area (Å²) in [6.07, 6.45) is 0.812. The number of hydrogen-bond donors (Lipinski definition) is 0. The molecule has 0 amide bonds. The van der Waals surface area contributed by atoms with Gasteiger partial charge in [-0.2, -0.15) is 0 Å². The van der Waals surface area contributed by atoms with E-state index in [1.807, 2.05) is 12.1 Å². The molecule has 2 aromatic rings. The molecule has 0 aliphatic carbocycles. The first-order chi connectivity index (χ1) is 7.63. The molecule has 0 saturated heterocycles. The molecule has 0 radical (unpaired) electrons. The quantitative estimate of drug-likeness (QED) is 0.778. The molecule has 4 heteroatoms. The summed E-state index contributed by atoms with van der Waals surface area (Å²) < 4.78 is 3.34. The molecule has 86 valence electrons. The van der Waals surface area contributed by atoms with Gasteiger partial charge in [-0.25, -0.2) is 4.98 Å². The number of aromatic nitrogens is 2. The Bertz CT molecular complexity index is 505. The van der Waals surface area contributed by atoms with Crippen molar-refractivity contribution in [1.82, 2.24) is 9.55 Å². The SMILES string of the molecule is CC(C)n1c(CCCl)nc2ccc(Br)cc21. The molecule has 0 spiro atoms. The monoisotopic (exact) mass is 300 g/mol. The van der Waals surface area contributed by atoms with Crippen molar-refractivity contribution in [3.63, 3.8) is 0 Å². The minimum absolute atomic E-state index is 0.400. The van der Waals surface area contributed by atoms with E-state index in [0.717, 1.165) is 22.2 Å². The third-order valence-corrected chi connectivity index (χ3v) is 3.24. The summed E-state index contributed by atoms with van der Waals surface area (Å²) in [6.45, 7) is 4.33. The Morgan fingerprint density at radius 2 is 2.19 bits per heavy atom. The van der Waals surface area contributed by atoms with Gasteiger partial charge in [0.15, 0.2) is 0 Å². The topological polar surface area (TPSA) is 17.8 Å². The standard InChI is InChI=1S/C12H14BrClN2/c1-8(2)16-11-7-9(13)3-4-10(11)15-12(16)5-6-14/h3-4,7-8H,5-6H2,1-2H3. The van der Waals surface area contributed by atoms with Crippen molar-refractivity contribution in [2.24, 2.45) is 0 Å². The van der Waals surface area contributed by atoms with Crippen LogP contribution < -0.4 is 0 Å². The maximum atomic E-state index is 5.81. The molecule has 0 N–H and O–H groups in total. The zero-order chi connectivity index (χ0) is 11.7. The zero-order valence-corrected chi connectivity index (χ0v) is 11.7. The maximum absolute atomic E-state index is 5.81. The first-order valence-electron chi connectivity index (χ1n) is 5.36. The molecular formula is C12H14BrClN2. The van der Waals surface area contributed by atoms with Crippen LogP contribution in [0, 0.1) is 0 Å². The Morgan fingerprint density at radius 1 is 1.44 bits per heavy atom. The molecule has 2 rings (SSSR count). The van der Waals surface area contributed by atoms with Crippen LogP contribution in [0.1, 0.15) is 25.7 Å². The normalized spacial score (nSPS) is 11.6. The molecule has 16 heavy (non-hydrogen) atoms. The Morgan fingerprint density at radius 3 is 2.81 bits per heavy atom. The number of nitrogens with zero attached hydrogens (tertiary/aromatic N) is 2. The highest BCUT2D eigenvalue weighted by Gasteiger charge is 2.12. The lowest BCUT2D eigenvalue weighted by Gasteiger charge is -2.12. The molecule has 0 saturated carbocycles. The fraction of sp³-hybridized carbons (Fsp3) is 0.417. The van der Waals surface area contributed by atoms with Gasteiger partial charge >= 0.3 is 0 Å². The van der Waals surface area contributed by atoms with Gasteiger partial charge < -0.3 is 4.57 Å². The predicted octanol–water partition coefficient (Wildman–Crippen LogP) is 4.16. The predicted molar refractivity (Wildman–Crippen MR) is 72.2 cm³/mol. The highest BCUT2D eigenvalue weighted by molar-refractivity contribution is 9.10. The molecule has 1 aromatic carbocycles. The molecule has 0 aliphatic heterocycles. The summed E-state index contributed by atoms with van der Waals surface area (Å²) in [5.41, 5.74) is 2.21. The minimum Gasteiger partial charge on any atom is -0.325 e. The average Bonchev–Trinajstić information content (AvgIpc) is 2.55. The second kappa shape index (κ2) is 4.76. The van der Waals surface area contributed by atoms with Gasteiger partial charge in [0, 0.05) is 22.8 Å². The van der Waals surface area contributed by atoms with E-state index in [1.165, 1.54) is 5.52 Å². The van der Waals surface area contributed by atoms with E-state index < -0.39 is 0 Å². The maximum Gasteiger partial charge on any atom is 0.111 e. The van der Waals surface area contributed by atoms with Gasteiger partial charge in [-0.3, -0.25) is 0 Å². The summed E-state index contributed by atoms with van der Waals surface area (Å²) in [7, 11) is 0. The third kappa shape index (κ3) is 2.11. The third-order valence-electron chi connectivity index (χ3n) is 2.56. The van der Waals surface area contributed by atoms with Crippen LogP contribution in [0.15, 0.2) is 22.7 Å². The van der Waals surface area contributed by atoms with E-state index in [4.69, 9.17) is 11.6 Å². The van der Waals surface area contributed by atoms with Crippen LogP contribution in [0.4, 0.5) is 0 Å². The molecule has 1 aromatic heterocycles. The van der Waals surface area contributed by atoms with Crippen molar-refractivity contribution in [2.75, 3.05) is 5.88 Å². The highest BCUT2D eigenvalue weighted by Crippen LogP contribution is 2.24. The molecule has 0 aliphatic rings. The Labute approximate surface area is 109 Å². The smallest absolute Gasteiger partial charge is 0.111 e. The van der Waals surface area contributed by atoms with Gasteiger partial charge in [0.05, 0.1) is 11.0 Å². The van der Waals surface area contributed by atoms with Crippen LogP contribution in [0.2, 0.25) is 0 Å². The molecule has 0 bridgehead atoms. The van der Waals surface area contributed by atoms with Crippen molar-refractivity contribution in [1.29, 1.82) is 0 Å². The number of aryl methyl sites for hydroxylation is 1. The fourth-order valence-electron chi connectivity index (χ4n) is 1.95. The highest BCUT2D eigenvalue weighted by atomic mass is 79.9. The number of fused-ring (bicyclic) bond motifs is 1. The molecule has 0 atom stereocenters. The Kier molecular flexibility index (Phi) is 3.55. The van der Waals surface area contributed by atoms with Crippen LogP contribution in [0.25, 0.3) is 11.0 Å². The summed E-state index contributed by atoms with van der Waals surface area (Å²) in [5.74, 6) is 1.68. The summed E-state index contributed by atoms with van der Waals surface area (Å²) in [4.78, 5) is 4.62. The molecule has 0 unspecified atom stereocenters. The van der Waals surface area contributed by atoms with Gasteiger partial charge in [0.2, 0.25) is 0 Å². The first-order valence-corrected chi connectivity index (χ1v) is 6.68. The van der Waals surface area contributed by atoms with Crippen LogP contribution in [0.3, 0.4) is 0 Å². The van der Waals surface area contributed by atoms with Crippen molar-refractivity contribution in [3.8, 4) is 0 Å². The number of benzene rings is 1. The van der Waals surface area contributed by atoms with E-state index in [-0.39, 0.29) is 0 Å². The lowest BCUT2D eigenvalue weighted by molar-refractivity contribution is 0.588. The van der Waals surface area contributed by atoms with E-state index >= 15 is 0 Å². The minimum atomic E-state index is 0.400. The van der Waals surface area contributed by atoms with Crippen LogP contribution in [-0.2, 0) is 6.42 Å². The summed E-state index contributed by atoms with van der Waals surface area (Å²) >= 11 is 9.31. The molecule has 2 nitrogen and oxygen atoms in total. The zero-order valence-electron chi connectivity index (χ0n) is 9.37. The van der Waals surface area contributed by atoms with Crippen molar-refractivity contribution < 1.29 is 0 Å². The largest absolute Gasteiger partial charge is 0.325 e. The second-order valence-corrected chi connectivity index (χ2v) is 5.36. The molecule has 1 heterocycles.